The second kappa shape index (κ2) is 8.32. The maximum atomic E-state index is 13.4. The maximum Gasteiger partial charge on any atom is 0.232 e. The molecule has 2 aliphatic rings. The topological polar surface area (TPSA) is 55.8 Å². The van der Waals surface area contributed by atoms with Gasteiger partial charge in [0.2, 0.25) is 5.91 Å². The summed E-state index contributed by atoms with van der Waals surface area (Å²) in [5, 5.41) is 0.973. The number of halogens is 2. The number of ketones is 1. The van der Waals surface area contributed by atoms with Crippen LogP contribution in [0.1, 0.15) is 37.2 Å². The molecule has 0 saturated heterocycles. The first-order chi connectivity index (χ1) is 14.4. The van der Waals surface area contributed by atoms with Gasteiger partial charge < -0.3 is 9.47 Å². The highest BCUT2D eigenvalue weighted by atomic mass is 35.5. The molecule has 1 amide bonds. The van der Waals surface area contributed by atoms with Gasteiger partial charge in [-0.2, -0.15) is 0 Å². The van der Waals surface area contributed by atoms with Crippen molar-refractivity contribution in [1.29, 1.82) is 0 Å². The van der Waals surface area contributed by atoms with E-state index >= 15 is 0 Å². The second-order valence-electron chi connectivity index (χ2n) is 7.33. The summed E-state index contributed by atoms with van der Waals surface area (Å²) in [4.78, 5) is 28.0. The first-order valence-corrected chi connectivity index (χ1v) is 10.5. The fourth-order valence-electron chi connectivity index (χ4n) is 4.29. The van der Waals surface area contributed by atoms with Crippen molar-refractivity contribution in [3.63, 3.8) is 0 Å². The molecule has 0 fully saturated rings. The molecule has 0 radical (unpaired) electrons. The minimum Gasteiger partial charge on any atom is -0.497 e. The van der Waals surface area contributed by atoms with Crippen molar-refractivity contribution in [2.24, 2.45) is 0 Å². The first kappa shape index (κ1) is 20.8. The lowest BCUT2D eigenvalue weighted by molar-refractivity contribution is -0.119. The average Bonchev–Trinajstić information content (AvgIpc) is 2.73. The van der Waals surface area contributed by atoms with Crippen molar-refractivity contribution in [1.82, 2.24) is 0 Å². The summed E-state index contributed by atoms with van der Waals surface area (Å²) < 4.78 is 10.8. The molecular formula is C23H21Cl2NO4. The van der Waals surface area contributed by atoms with Crippen LogP contribution in [0.2, 0.25) is 10.0 Å². The van der Waals surface area contributed by atoms with E-state index < -0.39 is 0 Å². The number of hydrogen-bond acceptors (Lipinski definition) is 4. The molecule has 156 valence electrons. The molecule has 0 bridgehead atoms. The van der Waals surface area contributed by atoms with Gasteiger partial charge in [0.1, 0.15) is 11.5 Å². The SMILES string of the molecule is COc1ccc(N2C(=O)CC(c3ccc(Cl)cc3Cl)C3=C2CCCC3=O)c(OC)c1. The van der Waals surface area contributed by atoms with E-state index in [4.69, 9.17) is 32.7 Å². The monoisotopic (exact) mass is 445 g/mol. The largest absolute Gasteiger partial charge is 0.497 e. The molecule has 7 heteroatoms. The van der Waals surface area contributed by atoms with Gasteiger partial charge >= 0.3 is 0 Å². The highest BCUT2D eigenvalue weighted by Crippen LogP contribution is 2.47. The van der Waals surface area contributed by atoms with Crippen LogP contribution in [0.5, 0.6) is 11.5 Å². The Labute approximate surface area is 185 Å². The fourth-order valence-corrected chi connectivity index (χ4v) is 4.83. The Morgan fingerprint density at radius 3 is 2.50 bits per heavy atom. The summed E-state index contributed by atoms with van der Waals surface area (Å²) >= 11 is 12.5. The van der Waals surface area contributed by atoms with Crippen LogP contribution in [0.3, 0.4) is 0 Å². The molecule has 2 aromatic rings. The van der Waals surface area contributed by atoms with Crippen molar-refractivity contribution in [3.05, 3.63) is 63.3 Å². The summed E-state index contributed by atoms with van der Waals surface area (Å²) in [6.07, 6.45) is 1.92. The Hall–Kier alpha value is -2.50. The van der Waals surface area contributed by atoms with Crippen LogP contribution >= 0.6 is 23.2 Å². The molecule has 0 spiro atoms. The smallest absolute Gasteiger partial charge is 0.232 e. The van der Waals surface area contributed by atoms with Crippen LogP contribution in [0.25, 0.3) is 0 Å². The Morgan fingerprint density at radius 1 is 1.00 bits per heavy atom. The summed E-state index contributed by atoms with van der Waals surface area (Å²) in [6.45, 7) is 0. The number of anilines is 1. The van der Waals surface area contributed by atoms with Gasteiger partial charge in [0, 0.05) is 46.1 Å². The Kier molecular flexibility index (Phi) is 5.76. The molecule has 1 atom stereocenters. The van der Waals surface area contributed by atoms with E-state index in [0.29, 0.717) is 52.1 Å². The predicted molar refractivity (Wildman–Crippen MR) is 117 cm³/mol. The van der Waals surface area contributed by atoms with E-state index in [-0.39, 0.29) is 24.0 Å². The standard InChI is InChI=1S/C23H21Cl2NO4/c1-29-14-7-9-18(21(11-14)30-2)26-19-4-3-5-20(27)23(19)16(12-22(26)28)15-8-6-13(24)10-17(15)25/h6-11,16H,3-5,12H2,1-2H3. The Morgan fingerprint density at radius 2 is 1.80 bits per heavy atom. The second-order valence-corrected chi connectivity index (χ2v) is 8.17. The molecule has 1 unspecified atom stereocenters. The molecule has 1 aliphatic heterocycles. The molecule has 0 aromatic heterocycles. The average molecular weight is 446 g/mol. The number of carbonyl (C=O) groups is 2. The van der Waals surface area contributed by atoms with Crippen LogP contribution < -0.4 is 14.4 Å². The van der Waals surface area contributed by atoms with Crippen LogP contribution in [-0.4, -0.2) is 25.9 Å². The Bertz CT molecular complexity index is 1060. The fraction of sp³-hybridized carbons (Fsp3) is 0.304. The lowest BCUT2D eigenvalue weighted by atomic mass is 9.77. The number of carbonyl (C=O) groups excluding carboxylic acids is 2. The van der Waals surface area contributed by atoms with Gasteiger partial charge in [0.15, 0.2) is 5.78 Å². The van der Waals surface area contributed by atoms with E-state index in [2.05, 4.69) is 0 Å². The highest BCUT2D eigenvalue weighted by Gasteiger charge is 2.41. The van der Waals surface area contributed by atoms with Crippen molar-refractivity contribution < 1.29 is 19.1 Å². The van der Waals surface area contributed by atoms with Crippen molar-refractivity contribution in [2.45, 2.75) is 31.6 Å². The third-order valence-corrected chi connectivity index (χ3v) is 6.20. The zero-order chi connectivity index (χ0) is 21.4. The minimum atomic E-state index is -0.384. The number of amides is 1. The molecule has 0 saturated carbocycles. The highest BCUT2D eigenvalue weighted by molar-refractivity contribution is 6.35. The minimum absolute atomic E-state index is 0.0530. The number of rotatable bonds is 4. The lowest BCUT2D eigenvalue weighted by Crippen LogP contribution is -2.40. The van der Waals surface area contributed by atoms with Crippen molar-refractivity contribution >= 4 is 40.6 Å². The van der Waals surface area contributed by atoms with E-state index in [0.717, 1.165) is 11.3 Å². The van der Waals surface area contributed by atoms with Crippen molar-refractivity contribution in [3.8, 4) is 11.5 Å². The van der Waals surface area contributed by atoms with Gasteiger partial charge in [0.05, 0.1) is 19.9 Å². The van der Waals surface area contributed by atoms with Gasteiger partial charge in [-0.25, -0.2) is 0 Å². The van der Waals surface area contributed by atoms with Gasteiger partial charge in [-0.05, 0) is 42.7 Å². The van der Waals surface area contributed by atoms with Crippen LogP contribution in [0.4, 0.5) is 5.69 Å². The van der Waals surface area contributed by atoms with E-state index in [1.54, 1.807) is 55.5 Å². The molecule has 1 aliphatic carbocycles. The van der Waals surface area contributed by atoms with Crippen LogP contribution in [0, 0.1) is 0 Å². The molecular weight excluding hydrogens is 425 g/mol. The van der Waals surface area contributed by atoms with E-state index in [1.807, 2.05) is 0 Å². The third kappa shape index (κ3) is 3.57. The third-order valence-electron chi connectivity index (χ3n) is 5.64. The first-order valence-electron chi connectivity index (χ1n) is 9.70. The van der Waals surface area contributed by atoms with Crippen molar-refractivity contribution in [2.75, 3.05) is 19.1 Å². The number of allylic oxidation sites excluding steroid dienone is 2. The zero-order valence-electron chi connectivity index (χ0n) is 16.7. The molecule has 4 rings (SSSR count). The number of hydrogen-bond donors (Lipinski definition) is 0. The summed E-state index contributed by atoms with van der Waals surface area (Å²) in [5.41, 5.74) is 2.73. The Balaban J connectivity index is 1.88. The zero-order valence-corrected chi connectivity index (χ0v) is 18.2. The molecule has 2 aromatic carbocycles. The van der Waals surface area contributed by atoms with Gasteiger partial charge in [-0.15, -0.1) is 0 Å². The normalized spacial score (nSPS) is 19.1. The number of methoxy groups -OCH3 is 2. The number of benzene rings is 2. The predicted octanol–water partition coefficient (Wildman–Crippen LogP) is 5.54. The van der Waals surface area contributed by atoms with Gasteiger partial charge in [-0.1, -0.05) is 29.3 Å². The molecule has 1 heterocycles. The molecule has 30 heavy (non-hydrogen) atoms. The number of ether oxygens (including phenoxy) is 2. The lowest BCUT2D eigenvalue weighted by Gasteiger charge is -2.39. The quantitative estimate of drug-likeness (QED) is 0.619. The van der Waals surface area contributed by atoms with Crippen LogP contribution in [0.15, 0.2) is 47.7 Å². The van der Waals surface area contributed by atoms with Gasteiger partial charge in [-0.3, -0.25) is 14.5 Å². The van der Waals surface area contributed by atoms with Gasteiger partial charge in [0.25, 0.3) is 0 Å². The number of nitrogens with zero attached hydrogens (tertiary/aromatic N) is 1. The summed E-state index contributed by atoms with van der Waals surface area (Å²) in [7, 11) is 3.12. The molecule has 0 N–H and O–H groups in total. The summed E-state index contributed by atoms with van der Waals surface area (Å²) in [6, 6.07) is 10.5. The number of Topliss-reactive ketones (excluding diaryl/α,β-unsaturated/α-hetero) is 1. The maximum absolute atomic E-state index is 13.4. The summed E-state index contributed by atoms with van der Waals surface area (Å²) in [5.74, 6) is 0.695. The molecule has 5 nitrogen and oxygen atoms in total. The van der Waals surface area contributed by atoms with E-state index in [9.17, 15) is 9.59 Å². The van der Waals surface area contributed by atoms with Crippen LogP contribution in [-0.2, 0) is 9.59 Å². The van der Waals surface area contributed by atoms with E-state index in [1.165, 1.54) is 0 Å².